The average Bonchev–Trinajstić information content (AvgIpc) is 2.61. The number of nitrogens with one attached hydrogen (secondary N) is 2. The molecule has 0 bridgehead atoms. The first-order chi connectivity index (χ1) is 12.5. The Morgan fingerprint density at radius 2 is 1.81 bits per heavy atom. The summed E-state index contributed by atoms with van der Waals surface area (Å²) in [6.45, 7) is 0.394. The Labute approximate surface area is 156 Å². The molecule has 0 radical (unpaired) electrons. The average molecular weight is 375 g/mol. The number of para-hydroxylation sites is 1. The van der Waals surface area contributed by atoms with Crippen LogP contribution in [0.5, 0.6) is 0 Å². The number of anilines is 1. The fourth-order valence-corrected chi connectivity index (χ4v) is 2.53. The van der Waals surface area contributed by atoms with Crippen molar-refractivity contribution >= 4 is 35.1 Å². The van der Waals surface area contributed by atoms with Crippen molar-refractivity contribution in [1.82, 2.24) is 5.32 Å². The number of halogens is 1. The van der Waals surface area contributed by atoms with Gasteiger partial charge in [-0.15, -0.1) is 0 Å². The summed E-state index contributed by atoms with van der Waals surface area (Å²) < 4.78 is 4.66. The fraction of sp³-hybridized carbons (Fsp3) is 0.211. The Morgan fingerprint density at radius 3 is 2.54 bits per heavy atom. The van der Waals surface area contributed by atoms with Crippen LogP contribution in [0.3, 0.4) is 0 Å². The number of esters is 1. The predicted molar refractivity (Wildman–Crippen MR) is 99.2 cm³/mol. The van der Waals surface area contributed by atoms with Gasteiger partial charge in [-0.3, -0.25) is 9.59 Å². The maximum Gasteiger partial charge on any atom is 0.339 e. The van der Waals surface area contributed by atoms with Crippen molar-refractivity contribution in [3.63, 3.8) is 0 Å². The zero-order valence-electron chi connectivity index (χ0n) is 14.3. The van der Waals surface area contributed by atoms with Gasteiger partial charge < -0.3 is 15.4 Å². The molecule has 0 unspecified atom stereocenters. The summed E-state index contributed by atoms with van der Waals surface area (Å²) >= 11 is 5.90. The highest BCUT2D eigenvalue weighted by Crippen LogP contribution is 2.16. The first-order valence-electron chi connectivity index (χ1n) is 7.98. The third-order valence-electron chi connectivity index (χ3n) is 3.55. The van der Waals surface area contributed by atoms with Crippen LogP contribution in [0, 0.1) is 0 Å². The Balaban J connectivity index is 1.82. The first kappa shape index (κ1) is 19.5. The highest BCUT2D eigenvalue weighted by atomic mass is 35.5. The molecular weight excluding hydrogens is 356 g/mol. The van der Waals surface area contributed by atoms with Crippen LogP contribution >= 0.6 is 11.6 Å². The second-order valence-corrected chi connectivity index (χ2v) is 5.93. The van der Waals surface area contributed by atoms with E-state index in [4.69, 9.17) is 11.6 Å². The van der Waals surface area contributed by atoms with E-state index in [0.717, 1.165) is 5.56 Å². The van der Waals surface area contributed by atoms with E-state index in [1.165, 1.54) is 13.2 Å². The van der Waals surface area contributed by atoms with Crippen LogP contribution in [0.15, 0.2) is 48.5 Å². The topological polar surface area (TPSA) is 84.5 Å². The Bertz CT molecular complexity index is 808. The van der Waals surface area contributed by atoms with Gasteiger partial charge in [-0.25, -0.2) is 4.79 Å². The molecule has 0 fully saturated rings. The summed E-state index contributed by atoms with van der Waals surface area (Å²) in [7, 11) is 1.26. The minimum atomic E-state index is -0.563. The molecule has 2 rings (SSSR count). The number of benzene rings is 2. The third kappa shape index (κ3) is 5.89. The maximum absolute atomic E-state index is 12.0. The van der Waals surface area contributed by atoms with E-state index >= 15 is 0 Å². The van der Waals surface area contributed by atoms with Gasteiger partial charge in [0.1, 0.15) is 6.42 Å². The number of rotatable bonds is 7. The van der Waals surface area contributed by atoms with E-state index < -0.39 is 17.8 Å². The number of methoxy groups -OCH3 is 1. The molecule has 136 valence electrons. The number of ether oxygens (including phenoxy) is 1. The number of hydrogen-bond acceptors (Lipinski definition) is 4. The zero-order chi connectivity index (χ0) is 18.9. The molecule has 2 aromatic carbocycles. The summed E-state index contributed by atoms with van der Waals surface area (Å²) in [6, 6.07) is 13.8. The minimum Gasteiger partial charge on any atom is -0.465 e. The van der Waals surface area contributed by atoms with Crippen LogP contribution in [-0.2, 0) is 20.7 Å². The number of amides is 2. The molecule has 0 spiro atoms. The molecule has 0 saturated carbocycles. The molecule has 6 nitrogen and oxygen atoms in total. The van der Waals surface area contributed by atoms with Crippen molar-refractivity contribution in [2.24, 2.45) is 0 Å². The van der Waals surface area contributed by atoms with Crippen LogP contribution in [0.2, 0.25) is 5.02 Å². The lowest BCUT2D eigenvalue weighted by Crippen LogP contribution is -2.30. The Kier molecular flexibility index (Phi) is 7.17. The van der Waals surface area contributed by atoms with E-state index in [0.29, 0.717) is 23.7 Å². The monoisotopic (exact) mass is 374 g/mol. The molecule has 0 aliphatic rings. The molecule has 0 aliphatic carbocycles. The van der Waals surface area contributed by atoms with Crippen molar-refractivity contribution in [3.8, 4) is 0 Å². The second kappa shape index (κ2) is 9.58. The van der Waals surface area contributed by atoms with E-state index in [9.17, 15) is 14.4 Å². The maximum atomic E-state index is 12.0. The number of carbonyl (C=O) groups is 3. The molecule has 26 heavy (non-hydrogen) atoms. The Morgan fingerprint density at radius 1 is 1.04 bits per heavy atom. The zero-order valence-corrected chi connectivity index (χ0v) is 15.0. The Hall–Kier alpha value is -2.86. The molecule has 0 saturated heterocycles. The van der Waals surface area contributed by atoms with Gasteiger partial charge in [0.05, 0.1) is 18.4 Å². The smallest absolute Gasteiger partial charge is 0.339 e. The molecule has 2 amide bonds. The minimum absolute atomic E-state index is 0.227. The SMILES string of the molecule is COC(=O)c1ccccc1NC(=O)CC(=O)NCCc1cccc(Cl)c1. The van der Waals surface area contributed by atoms with E-state index in [1.54, 1.807) is 24.3 Å². The molecule has 0 atom stereocenters. The molecular formula is C19H19ClN2O4. The highest BCUT2D eigenvalue weighted by molar-refractivity contribution is 6.30. The summed E-state index contributed by atoms with van der Waals surface area (Å²) in [5.74, 6) is -1.48. The summed E-state index contributed by atoms with van der Waals surface area (Å²) in [4.78, 5) is 35.6. The highest BCUT2D eigenvalue weighted by Gasteiger charge is 2.15. The van der Waals surface area contributed by atoms with Gasteiger partial charge in [-0.1, -0.05) is 35.9 Å². The molecule has 0 aliphatic heterocycles. The van der Waals surface area contributed by atoms with E-state index in [2.05, 4.69) is 15.4 Å². The van der Waals surface area contributed by atoms with Crippen LogP contribution in [0.4, 0.5) is 5.69 Å². The lowest BCUT2D eigenvalue weighted by Gasteiger charge is -2.10. The molecule has 2 aromatic rings. The van der Waals surface area contributed by atoms with Crippen molar-refractivity contribution in [1.29, 1.82) is 0 Å². The summed E-state index contributed by atoms with van der Waals surface area (Å²) in [5.41, 5.74) is 1.52. The lowest BCUT2D eigenvalue weighted by atomic mass is 10.1. The van der Waals surface area contributed by atoms with Gasteiger partial charge in [0.25, 0.3) is 0 Å². The van der Waals surface area contributed by atoms with Crippen LogP contribution < -0.4 is 10.6 Å². The fourth-order valence-electron chi connectivity index (χ4n) is 2.32. The second-order valence-electron chi connectivity index (χ2n) is 5.49. The molecule has 0 aromatic heterocycles. The predicted octanol–water partition coefficient (Wildman–Crippen LogP) is 2.81. The lowest BCUT2D eigenvalue weighted by molar-refractivity contribution is -0.126. The number of carbonyl (C=O) groups excluding carboxylic acids is 3. The largest absolute Gasteiger partial charge is 0.465 e. The molecule has 2 N–H and O–H groups in total. The van der Waals surface area contributed by atoms with E-state index in [1.807, 2.05) is 18.2 Å². The molecule has 0 heterocycles. The van der Waals surface area contributed by atoms with Crippen molar-refractivity contribution in [2.75, 3.05) is 19.0 Å². The van der Waals surface area contributed by atoms with Gasteiger partial charge >= 0.3 is 5.97 Å². The number of hydrogen-bond donors (Lipinski definition) is 2. The van der Waals surface area contributed by atoms with Gasteiger partial charge in [-0.05, 0) is 36.2 Å². The van der Waals surface area contributed by atoms with Gasteiger partial charge in [-0.2, -0.15) is 0 Å². The normalized spacial score (nSPS) is 10.1. The van der Waals surface area contributed by atoms with E-state index in [-0.39, 0.29) is 12.0 Å². The van der Waals surface area contributed by atoms with Crippen LogP contribution in [-0.4, -0.2) is 31.4 Å². The quantitative estimate of drug-likeness (QED) is 0.576. The molecule has 7 heteroatoms. The van der Waals surface area contributed by atoms with Gasteiger partial charge in [0.2, 0.25) is 11.8 Å². The summed E-state index contributed by atoms with van der Waals surface area (Å²) in [5, 5.41) is 5.87. The van der Waals surface area contributed by atoms with Gasteiger partial charge in [0, 0.05) is 11.6 Å². The first-order valence-corrected chi connectivity index (χ1v) is 8.35. The van der Waals surface area contributed by atoms with Crippen molar-refractivity contribution in [2.45, 2.75) is 12.8 Å². The standard InChI is InChI=1S/C19H19ClN2O4/c1-26-19(25)15-7-2-3-8-16(15)22-18(24)12-17(23)21-10-9-13-5-4-6-14(20)11-13/h2-8,11H,9-10,12H2,1H3,(H,21,23)(H,22,24). The van der Waals surface area contributed by atoms with Crippen LogP contribution in [0.25, 0.3) is 0 Å². The summed E-state index contributed by atoms with van der Waals surface area (Å²) in [6.07, 6.45) is 0.268. The van der Waals surface area contributed by atoms with Crippen molar-refractivity contribution in [3.05, 3.63) is 64.7 Å². The van der Waals surface area contributed by atoms with Gasteiger partial charge in [0.15, 0.2) is 0 Å². The van der Waals surface area contributed by atoms with Crippen LogP contribution in [0.1, 0.15) is 22.3 Å². The van der Waals surface area contributed by atoms with Crippen molar-refractivity contribution < 1.29 is 19.1 Å². The third-order valence-corrected chi connectivity index (χ3v) is 3.79.